The van der Waals surface area contributed by atoms with Gasteiger partial charge in [-0.1, -0.05) is 25.3 Å². The van der Waals surface area contributed by atoms with Gasteiger partial charge in [-0.3, -0.25) is 19.2 Å². The number of Topliss-reactive ketones (excluding diaryl/α,β-unsaturated/α-hetero) is 2. The van der Waals surface area contributed by atoms with E-state index in [4.69, 9.17) is 23.7 Å². The molecule has 4 unspecified atom stereocenters. The number of hydrogen-bond acceptors (Lipinski definition) is 11. The molecule has 0 heterocycles. The van der Waals surface area contributed by atoms with Crippen LogP contribution in [0.1, 0.15) is 39.5 Å². The molecule has 0 spiro atoms. The van der Waals surface area contributed by atoms with E-state index in [9.17, 15) is 28.8 Å². The first kappa shape index (κ1) is 33.1. The van der Waals surface area contributed by atoms with Crippen LogP contribution in [0.3, 0.4) is 0 Å². The minimum Gasteiger partial charge on any atom is -0.459 e. The summed E-state index contributed by atoms with van der Waals surface area (Å²) in [6, 6.07) is 0. The third-order valence-corrected chi connectivity index (χ3v) is 4.40. The van der Waals surface area contributed by atoms with E-state index >= 15 is 0 Å². The van der Waals surface area contributed by atoms with Gasteiger partial charge in [0.1, 0.15) is 49.8 Å². The first-order valence-electron chi connectivity index (χ1n) is 11.3. The highest BCUT2D eigenvalue weighted by molar-refractivity contribution is 5.94. The molecule has 0 aliphatic heterocycles. The van der Waals surface area contributed by atoms with Crippen LogP contribution in [0.5, 0.6) is 0 Å². The van der Waals surface area contributed by atoms with Crippen LogP contribution in [0.25, 0.3) is 0 Å². The Morgan fingerprint density at radius 1 is 0.649 bits per heavy atom. The summed E-state index contributed by atoms with van der Waals surface area (Å²) in [5.74, 6) is -3.91. The summed E-state index contributed by atoms with van der Waals surface area (Å²) in [5, 5.41) is 0. The maximum atomic E-state index is 12.0. The number of ketones is 2. The molecule has 11 heteroatoms. The molecule has 0 N–H and O–H groups in total. The largest absolute Gasteiger partial charge is 0.459 e. The topological polar surface area (TPSA) is 149 Å². The van der Waals surface area contributed by atoms with Crippen LogP contribution in [0, 0.1) is 0 Å². The Morgan fingerprint density at radius 3 is 1.27 bits per heavy atom. The van der Waals surface area contributed by atoms with Gasteiger partial charge in [0.15, 0.2) is 0 Å². The molecule has 0 aromatic rings. The Balaban J connectivity index is 5.44. The van der Waals surface area contributed by atoms with Gasteiger partial charge in [0.2, 0.25) is 0 Å². The van der Waals surface area contributed by atoms with Gasteiger partial charge in [0, 0.05) is 25.0 Å². The molecule has 0 amide bonds. The number of esters is 4. The first-order valence-corrected chi connectivity index (χ1v) is 11.3. The molecule has 0 saturated carbocycles. The summed E-state index contributed by atoms with van der Waals surface area (Å²) in [6.45, 7) is 15.8. The average molecular weight is 523 g/mol. The number of hydrogen-bond donors (Lipinski definition) is 0. The second kappa shape index (κ2) is 18.4. The lowest BCUT2D eigenvalue weighted by Gasteiger charge is -2.27. The van der Waals surface area contributed by atoms with Crippen molar-refractivity contribution in [2.24, 2.45) is 0 Å². The van der Waals surface area contributed by atoms with Gasteiger partial charge in [-0.25, -0.2) is 9.59 Å². The zero-order valence-corrected chi connectivity index (χ0v) is 21.2. The smallest absolute Gasteiger partial charge is 0.330 e. The molecule has 37 heavy (non-hydrogen) atoms. The van der Waals surface area contributed by atoms with Gasteiger partial charge in [-0.15, -0.1) is 13.2 Å². The Kier molecular flexibility index (Phi) is 16.5. The third kappa shape index (κ3) is 16.4. The van der Waals surface area contributed by atoms with E-state index in [0.29, 0.717) is 0 Å². The van der Waals surface area contributed by atoms with Gasteiger partial charge >= 0.3 is 23.9 Å². The van der Waals surface area contributed by atoms with Crippen molar-refractivity contribution >= 4 is 35.4 Å². The van der Waals surface area contributed by atoms with Crippen LogP contribution >= 0.6 is 0 Å². The molecule has 0 aliphatic rings. The number of carbonyl (C=O) groups is 6. The number of carbonyl (C=O) groups excluding carboxylic acids is 6. The number of ether oxygens (including phenoxy) is 5. The van der Waals surface area contributed by atoms with Crippen molar-refractivity contribution in [3.05, 3.63) is 50.6 Å². The van der Waals surface area contributed by atoms with Crippen molar-refractivity contribution in [1.29, 1.82) is 0 Å². The molecule has 0 aromatic carbocycles. The molecular weight excluding hydrogens is 488 g/mol. The summed E-state index contributed by atoms with van der Waals surface area (Å²) < 4.78 is 26.4. The van der Waals surface area contributed by atoms with E-state index in [0.717, 1.165) is 12.2 Å². The van der Waals surface area contributed by atoms with Crippen molar-refractivity contribution in [2.75, 3.05) is 13.2 Å². The van der Waals surface area contributed by atoms with Crippen molar-refractivity contribution in [1.82, 2.24) is 0 Å². The maximum Gasteiger partial charge on any atom is 0.330 e. The van der Waals surface area contributed by atoms with Crippen LogP contribution in [0.4, 0.5) is 0 Å². The zero-order chi connectivity index (χ0) is 28.4. The fourth-order valence-corrected chi connectivity index (χ4v) is 2.79. The van der Waals surface area contributed by atoms with Crippen LogP contribution in [0.15, 0.2) is 50.6 Å². The van der Waals surface area contributed by atoms with Gasteiger partial charge < -0.3 is 23.7 Å². The first-order chi connectivity index (χ1) is 17.4. The lowest BCUT2D eigenvalue weighted by atomic mass is 10.1. The van der Waals surface area contributed by atoms with Crippen LogP contribution in [-0.2, 0) is 52.5 Å². The highest BCUT2D eigenvalue weighted by Crippen LogP contribution is 2.17. The van der Waals surface area contributed by atoms with E-state index in [1.807, 2.05) is 0 Å². The predicted molar refractivity (Wildman–Crippen MR) is 131 cm³/mol. The Labute approximate surface area is 216 Å². The van der Waals surface area contributed by atoms with Crippen LogP contribution < -0.4 is 0 Å². The fraction of sp³-hybridized carbons (Fsp3) is 0.462. The molecule has 0 fully saturated rings. The molecule has 0 aromatic heterocycles. The van der Waals surface area contributed by atoms with Crippen LogP contribution in [-0.4, -0.2) is 73.1 Å². The predicted octanol–water partition coefficient (Wildman–Crippen LogP) is 2.13. The summed E-state index contributed by atoms with van der Waals surface area (Å²) in [5.41, 5.74) is 0. The van der Waals surface area contributed by atoms with Crippen molar-refractivity contribution in [3.8, 4) is 0 Å². The van der Waals surface area contributed by atoms with E-state index in [1.165, 1.54) is 26.0 Å². The Hall–Kier alpha value is -3.86. The summed E-state index contributed by atoms with van der Waals surface area (Å²) in [4.78, 5) is 69.4. The van der Waals surface area contributed by atoms with Crippen LogP contribution in [0.2, 0.25) is 0 Å². The SMILES string of the molecule is C=CC(=O)OCC(CC(C=C)OC(C=C)CC(COC(=O)C=C)OC(=O)CC(C)=O)OC(=O)CC(C)=O. The third-order valence-electron chi connectivity index (χ3n) is 4.40. The van der Waals surface area contributed by atoms with Gasteiger partial charge in [-0.2, -0.15) is 0 Å². The second-order valence-electron chi connectivity index (χ2n) is 7.81. The minimum atomic E-state index is -0.984. The lowest BCUT2D eigenvalue weighted by molar-refractivity contribution is -0.161. The molecule has 0 saturated heterocycles. The molecule has 11 nitrogen and oxygen atoms in total. The summed E-state index contributed by atoms with van der Waals surface area (Å²) >= 11 is 0. The highest BCUT2D eigenvalue weighted by atomic mass is 16.6. The molecular formula is C26H34O11. The van der Waals surface area contributed by atoms with Gasteiger partial charge in [0.05, 0.1) is 12.2 Å². The number of rotatable bonds is 20. The van der Waals surface area contributed by atoms with E-state index in [-0.39, 0.29) is 26.1 Å². The van der Waals surface area contributed by atoms with Crippen molar-refractivity contribution in [3.63, 3.8) is 0 Å². The Bertz CT molecular complexity index is 804. The van der Waals surface area contributed by atoms with Crippen molar-refractivity contribution < 1.29 is 52.5 Å². The molecule has 4 atom stereocenters. The van der Waals surface area contributed by atoms with E-state index < -0.39 is 72.7 Å². The second-order valence-corrected chi connectivity index (χ2v) is 7.81. The summed E-state index contributed by atoms with van der Waals surface area (Å²) in [6.07, 6.45) is 0.239. The van der Waals surface area contributed by atoms with Gasteiger partial charge in [0.25, 0.3) is 0 Å². The Morgan fingerprint density at radius 2 is 1.00 bits per heavy atom. The highest BCUT2D eigenvalue weighted by Gasteiger charge is 2.26. The zero-order valence-electron chi connectivity index (χ0n) is 21.2. The quantitative estimate of drug-likeness (QED) is 0.0761. The standard InChI is InChI=1S/C26H34O11/c1-7-19(13-21(15-33-23(29)9-3)36-25(31)11-17(5)27)35-20(8-2)14-22(16-34-24(30)10-4)37-26(32)12-18(6)28/h7-10,19-22H,1-4,11-16H2,5-6H3. The minimum absolute atomic E-state index is 0.0118. The van der Waals surface area contributed by atoms with Crippen molar-refractivity contribution in [2.45, 2.75) is 63.9 Å². The molecule has 204 valence electrons. The molecule has 0 radical (unpaired) electrons. The molecule has 0 rings (SSSR count). The molecule has 0 aliphatic carbocycles. The maximum absolute atomic E-state index is 12.0. The average Bonchev–Trinajstić information content (AvgIpc) is 2.82. The van der Waals surface area contributed by atoms with Gasteiger partial charge in [-0.05, 0) is 13.8 Å². The fourth-order valence-electron chi connectivity index (χ4n) is 2.79. The summed E-state index contributed by atoms with van der Waals surface area (Å²) in [7, 11) is 0. The van der Waals surface area contributed by atoms with E-state index in [1.54, 1.807) is 0 Å². The monoisotopic (exact) mass is 522 g/mol. The molecule has 0 bridgehead atoms. The lowest BCUT2D eigenvalue weighted by Crippen LogP contribution is -2.34. The normalized spacial score (nSPS) is 13.5. The van der Waals surface area contributed by atoms with E-state index in [2.05, 4.69) is 26.3 Å².